The maximum absolute atomic E-state index is 13.5. The summed E-state index contributed by atoms with van der Waals surface area (Å²) in [6.07, 6.45) is -7.58. The molecule has 0 spiro atoms. The average Bonchev–Trinajstić information content (AvgIpc) is 3.16. The molecule has 0 saturated heterocycles. The van der Waals surface area contributed by atoms with Gasteiger partial charge in [0.25, 0.3) is 11.5 Å². The van der Waals surface area contributed by atoms with Crippen LogP contribution >= 0.6 is 0 Å². The van der Waals surface area contributed by atoms with Gasteiger partial charge in [0.2, 0.25) is 0 Å². The average molecular weight is 537 g/mol. The maximum Gasteiger partial charge on any atom is 0.490 e. The molecule has 16 heteroatoms. The Labute approximate surface area is 204 Å². The van der Waals surface area contributed by atoms with Crippen molar-refractivity contribution in [1.82, 2.24) is 14.4 Å². The van der Waals surface area contributed by atoms with Gasteiger partial charge in [0.1, 0.15) is 5.60 Å². The predicted molar refractivity (Wildman–Crippen MR) is 116 cm³/mol. The molecule has 1 atom stereocenters. The summed E-state index contributed by atoms with van der Waals surface area (Å²) < 4.78 is 73.7. The quantitative estimate of drug-likeness (QED) is 0.315. The van der Waals surface area contributed by atoms with Crippen molar-refractivity contribution >= 4 is 23.3 Å². The maximum atomic E-state index is 13.5. The normalized spacial score (nSPS) is 14.0. The van der Waals surface area contributed by atoms with Crippen LogP contribution < -0.4 is 11.5 Å². The van der Waals surface area contributed by atoms with Crippen molar-refractivity contribution in [2.24, 2.45) is 5.73 Å². The van der Waals surface area contributed by atoms with E-state index < -0.39 is 41.0 Å². The summed E-state index contributed by atoms with van der Waals surface area (Å²) in [5.74, 6) is -4.69. The molecule has 0 fully saturated rings. The number of carboxylic acid groups (broad SMARTS) is 1. The molecule has 1 amide bonds. The molecular formula is C21H21F6N5O5. The molecule has 1 aromatic carbocycles. The molecule has 0 saturated carbocycles. The number of aryl methyl sites for hydroxylation is 1. The second-order valence-corrected chi connectivity index (χ2v) is 8.31. The lowest BCUT2D eigenvalue weighted by molar-refractivity contribution is -0.255. The van der Waals surface area contributed by atoms with Crippen molar-refractivity contribution in [3.63, 3.8) is 0 Å². The zero-order chi connectivity index (χ0) is 28.7. The minimum absolute atomic E-state index is 0.0126. The lowest BCUT2D eigenvalue weighted by Gasteiger charge is -2.28. The van der Waals surface area contributed by atoms with Crippen LogP contribution in [0.1, 0.15) is 30.7 Å². The van der Waals surface area contributed by atoms with Crippen LogP contribution in [0.3, 0.4) is 0 Å². The summed E-state index contributed by atoms with van der Waals surface area (Å²) >= 11 is 0. The number of carbonyl (C=O) groups is 2. The van der Waals surface area contributed by atoms with Crippen LogP contribution in [-0.4, -0.2) is 53.9 Å². The zero-order valence-corrected chi connectivity index (χ0v) is 19.3. The summed E-state index contributed by atoms with van der Waals surface area (Å²) in [4.78, 5) is 28.7. The third-order valence-electron chi connectivity index (χ3n) is 5.09. The largest absolute Gasteiger partial charge is 0.490 e. The number of carboxylic acids is 1. The van der Waals surface area contributed by atoms with Crippen molar-refractivity contribution in [3.8, 4) is 11.3 Å². The van der Waals surface area contributed by atoms with Crippen LogP contribution in [-0.2, 0) is 20.8 Å². The van der Waals surface area contributed by atoms with Gasteiger partial charge in [-0.05, 0) is 32.4 Å². The first-order chi connectivity index (χ1) is 16.6. The summed E-state index contributed by atoms with van der Waals surface area (Å²) in [6.45, 7) is 4.63. The van der Waals surface area contributed by atoms with E-state index in [1.807, 2.05) is 0 Å². The predicted octanol–water partition coefficient (Wildman–Crippen LogP) is 2.38. The minimum atomic E-state index is -5.33. The van der Waals surface area contributed by atoms with Crippen LogP contribution in [0, 0.1) is 6.92 Å². The summed E-state index contributed by atoms with van der Waals surface area (Å²) in [5, 5.41) is 27.5. The van der Waals surface area contributed by atoms with E-state index in [4.69, 9.17) is 21.4 Å². The van der Waals surface area contributed by atoms with Crippen molar-refractivity contribution < 1.29 is 51.3 Å². The Bertz CT molecular complexity index is 1350. The number of alkyl halides is 6. The minimum Gasteiger partial charge on any atom is -0.475 e. The number of anilines is 1. The molecular weight excluding hydrogens is 516 g/mol. The highest BCUT2D eigenvalue weighted by atomic mass is 19.4. The number of nitrogens with zero attached hydrogens (tertiary/aromatic N) is 3. The number of nitrogen functional groups attached to an aromatic ring is 1. The van der Waals surface area contributed by atoms with E-state index in [0.717, 1.165) is 12.1 Å². The highest BCUT2D eigenvalue weighted by molar-refractivity contribution is 5.86. The fourth-order valence-electron chi connectivity index (χ4n) is 3.07. The Kier molecular flexibility index (Phi) is 7.53. The molecule has 3 aromatic rings. The van der Waals surface area contributed by atoms with E-state index in [1.54, 1.807) is 6.92 Å². The molecule has 37 heavy (non-hydrogen) atoms. The lowest BCUT2D eigenvalue weighted by Crippen LogP contribution is -2.52. The number of rotatable bonds is 4. The summed E-state index contributed by atoms with van der Waals surface area (Å²) in [7, 11) is 0. The molecule has 202 valence electrons. The first-order valence-electron chi connectivity index (χ1n) is 9.99. The molecule has 0 aliphatic heterocycles. The number of hydrogen-bond donors (Lipinski definition) is 5. The zero-order valence-electron chi connectivity index (χ0n) is 19.3. The van der Waals surface area contributed by atoms with Gasteiger partial charge in [0.05, 0.1) is 17.6 Å². The molecule has 7 N–H and O–H groups in total. The molecule has 1 unspecified atom stereocenters. The standard InChI is InChI=1S/C19H20F3N5O3.C2HF3O2/c1-9-4-5-10(18(30,16(24)28)19(20,21)22)6-11(9)12-7-25-15-14(23)26-13(8-27(12)15)17(2,3)29;3-2(4,5)1(6)7/h4-8,29-30H,1-3H3,(H2,23,26)(H2,24,28);(H,6,7). The monoisotopic (exact) mass is 537 g/mol. The van der Waals surface area contributed by atoms with Crippen LogP contribution in [0.5, 0.6) is 0 Å². The first-order valence-corrected chi connectivity index (χ1v) is 9.99. The van der Waals surface area contributed by atoms with Crippen LogP contribution in [0.15, 0.2) is 30.6 Å². The Morgan fingerprint density at radius 3 is 2.03 bits per heavy atom. The summed E-state index contributed by atoms with van der Waals surface area (Å²) in [6, 6.07) is 3.33. The Morgan fingerprint density at radius 1 is 1.05 bits per heavy atom. The number of aliphatic carboxylic acids is 1. The molecule has 2 aromatic heterocycles. The Hall–Kier alpha value is -3.92. The van der Waals surface area contributed by atoms with Gasteiger partial charge < -0.3 is 26.8 Å². The van der Waals surface area contributed by atoms with Crippen molar-refractivity contribution in [2.45, 2.75) is 44.3 Å². The van der Waals surface area contributed by atoms with Crippen LogP contribution in [0.25, 0.3) is 16.9 Å². The van der Waals surface area contributed by atoms with Crippen molar-refractivity contribution in [1.29, 1.82) is 0 Å². The Balaban J connectivity index is 0.000000604. The van der Waals surface area contributed by atoms with Gasteiger partial charge in [-0.15, -0.1) is 0 Å². The fraction of sp³-hybridized carbons (Fsp3) is 0.333. The smallest absolute Gasteiger partial charge is 0.475 e. The van der Waals surface area contributed by atoms with Crippen LogP contribution in [0.2, 0.25) is 0 Å². The number of nitrogens with two attached hydrogens (primary N) is 2. The van der Waals surface area contributed by atoms with E-state index in [2.05, 4.69) is 9.97 Å². The molecule has 0 aliphatic rings. The van der Waals surface area contributed by atoms with Gasteiger partial charge in [-0.1, -0.05) is 12.1 Å². The second kappa shape index (κ2) is 9.51. The first kappa shape index (κ1) is 29.3. The molecule has 3 rings (SSSR count). The number of primary amides is 1. The topological polar surface area (TPSA) is 177 Å². The number of aromatic nitrogens is 3. The lowest BCUT2D eigenvalue weighted by atomic mass is 9.89. The molecule has 2 heterocycles. The van der Waals surface area contributed by atoms with E-state index in [9.17, 15) is 41.4 Å². The number of imidazole rings is 1. The number of halogens is 6. The number of fused-ring (bicyclic) bond motifs is 1. The number of aliphatic hydroxyl groups is 2. The van der Waals surface area contributed by atoms with Crippen molar-refractivity contribution in [2.75, 3.05) is 5.73 Å². The van der Waals surface area contributed by atoms with Gasteiger partial charge in [-0.25, -0.2) is 14.8 Å². The molecule has 0 aliphatic carbocycles. The van der Waals surface area contributed by atoms with Gasteiger partial charge in [0.15, 0.2) is 11.5 Å². The number of carbonyl (C=O) groups excluding carboxylic acids is 1. The number of benzene rings is 1. The highest BCUT2D eigenvalue weighted by Gasteiger charge is 2.60. The SMILES string of the molecule is Cc1ccc(C(O)(C(N)=O)C(F)(F)F)cc1-c1cnc2c(N)nc(C(C)(C)O)cn12.O=C(O)C(F)(F)F. The molecule has 0 radical (unpaired) electrons. The third-order valence-corrected chi connectivity index (χ3v) is 5.09. The molecule has 0 bridgehead atoms. The van der Waals surface area contributed by atoms with E-state index in [-0.39, 0.29) is 22.7 Å². The van der Waals surface area contributed by atoms with Gasteiger partial charge in [0, 0.05) is 17.3 Å². The van der Waals surface area contributed by atoms with Crippen molar-refractivity contribution in [3.05, 3.63) is 47.4 Å². The Morgan fingerprint density at radius 2 is 1.59 bits per heavy atom. The van der Waals surface area contributed by atoms with Gasteiger partial charge in [-0.2, -0.15) is 26.3 Å². The summed E-state index contributed by atoms with van der Waals surface area (Å²) in [5.41, 5.74) is 6.41. The van der Waals surface area contributed by atoms with E-state index in [1.165, 1.54) is 36.7 Å². The van der Waals surface area contributed by atoms with E-state index >= 15 is 0 Å². The fourth-order valence-corrected chi connectivity index (χ4v) is 3.07. The van der Waals surface area contributed by atoms with Gasteiger partial charge >= 0.3 is 18.3 Å². The third kappa shape index (κ3) is 5.75. The molecule has 10 nitrogen and oxygen atoms in total. The second-order valence-electron chi connectivity index (χ2n) is 8.31. The van der Waals surface area contributed by atoms with Crippen LogP contribution in [0.4, 0.5) is 32.2 Å². The van der Waals surface area contributed by atoms with Gasteiger partial charge in [-0.3, -0.25) is 9.20 Å². The van der Waals surface area contributed by atoms with E-state index in [0.29, 0.717) is 11.3 Å². The number of amides is 1. The number of hydrogen-bond acceptors (Lipinski definition) is 7. The highest BCUT2D eigenvalue weighted by Crippen LogP contribution is 2.41.